The number of amides is 1. The average Bonchev–Trinajstić information content (AvgIpc) is 3.25. The number of allylic oxidation sites excluding steroid dienone is 1. The lowest BCUT2D eigenvalue weighted by Gasteiger charge is -2.13. The molecule has 0 fully saturated rings. The molecule has 35 heavy (non-hydrogen) atoms. The largest absolute Gasteiger partial charge is 0.497 e. The Hall–Kier alpha value is -4.64. The zero-order chi connectivity index (χ0) is 25.2. The van der Waals surface area contributed by atoms with Gasteiger partial charge in [0, 0.05) is 36.1 Å². The Balaban J connectivity index is 0.00000167. The highest BCUT2D eigenvalue weighted by molar-refractivity contribution is 5.96. The van der Waals surface area contributed by atoms with E-state index in [4.69, 9.17) is 19.5 Å². The molecule has 0 spiro atoms. The van der Waals surface area contributed by atoms with Gasteiger partial charge in [-0.1, -0.05) is 30.3 Å². The molecule has 2 aromatic carbocycles. The first kappa shape index (κ1) is 25.0. The third-order valence-electron chi connectivity index (χ3n) is 5.47. The minimum absolute atomic E-state index is 0.225. The smallest absolute Gasteiger partial charge is 0.252 e. The molecule has 0 radical (unpaired) electrons. The van der Waals surface area contributed by atoms with E-state index in [9.17, 15) is 4.79 Å². The van der Waals surface area contributed by atoms with Gasteiger partial charge in [-0.05, 0) is 41.8 Å². The van der Waals surface area contributed by atoms with Crippen LogP contribution in [0.15, 0.2) is 95.8 Å². The number of aromatic nitrogens is 1. The fraction of sp³-hybridized carbons (Fsp3) is 0.185. The third-order valence-corrected chi connectivity index (χ3v) is 5.47. The number of hydrogen-bond acceptors (Lipinski definition) is 6. The summed E-state index contributed by atoms with van der Waals surface area (Å²) in [6.07, 6.45) is 5.92. The molecule has 1 heterocycles. The lowest BCUT2D eigenvalue weighted by atomic mass is 10.2. The summed E-state index contributed by atoms with van der Waals surface area (Å²) in [4.78, 5) is 12.8. The summed E-state index contributed by atoms with van der Waals surface area (Å²) in [6.45, 7) is 3.77. The van der Waals surface area contributed by atoms with Crippen molar-refractivity contribution in [2.45, 2.75) is 6.42 Å². The summed E-state index contributed by atoms with van der Waals surface area (Å²) >= 11 is 0. The molecule has 1 aromatic heterocycles. The maximum Gasteiger partial charge on any atom is 0.252 e. The number of nitrogens with one attached hydrogen (secondary N) is 2. The number of nitriles is 1. The first-order valence-corrected chi connectivity index (χ1v) is 10.9. The maximum absolute atomic E-state index is 12.8. The number of para-hydroxylation sites is 1. The van der Waals surface area contributed by atoms with Crippen molar-refractivity contribution in [1.29, 1.82) is 5.26 Å². The van der Waals surface area contributed by atoms with E-state index in [1.165, 1.54) is 12.5 Å². The molecule has 0 saturated carbocycles. The van der Waals surface area contributed by atoms with Gasteiger partial charge >= 0.3 is 0 Å². The van der Waals surface area contributed by atoms with Gasteiger partial charge in [0.25, 0.3) is 5.91 Å². The molecule has 1 amide bonds. The third kappa shape index (κ3) is 5.65. The highest BCUT2D eigenvalue weighted by atomic mass is 16.5. The maximum atomic E-state index is 12.8. The van der Waals surface area contributed by atoms with Crippen molar-refractivity contribution in [3.8, 4) is 12.3 Å². The van der Waals surface area contributed by atoms with Gasteiger partial charge in [-0.15, -0.1) is 0 Å². The summed E-state index contributed by atoms with van der Waals surface area (Å²) in [5.41, 5.74) is 3.56. The Morgan fingerprint density at radius 1 is 1.03 bits per heavy atom. The number of methoxy groups -OCH3 is 3. The fourth-order valence-corrected chi connectivity index (χ4v) is 3.80. The van der Waals surface area contributed by atoms with Crippen LogP contribution in [0.1, 0.15) is 6.42 Å². The van der Waals surface area contributed by atoms with Crippen molar-refractivity contribution >= 4 is 22.5 Å². The molecule has 8 nitrogen and oxygen atoms in total. The molecule has 0 atom stereocenters. The molecule has 0 unspecified atom stereocenters. The standard InChI is InChI=1S/C26H27N3O4.CHN/c1-31-23-12-11-19(15-24(32-2)25(23)33-3)26(30)28-17-27-20-8-6-9-21(16-20)29-14-13-18-7-4-5-10-22(18)29;1-2/h4-11,13-16,27H,12,17H2,1-3H3,(H,28,30);1H. The van der Waals surface area contributed by atoms with Gasteiger partial charge in [0.05, 0.1) is 33.5 Å². The second-order valence-electron chi connectivity index (χ2n) is 7.39. The van der Waals surface area contributed by atoms with Crippen LogP contribution in [0.5, 0.6) is 0 Å². The van der Waals surface area contributed by atoms with Gasteiger partial charge in [-0.3, -0.25) is 4.79 Å². The van der Waals surface area contributed by atoms with E-state index in [1.54, 1.807) is 26.4 Å². The van der Waals surface area contributed by atoms with Crippen molar-refractivity contribution in [2.75, 3.05) is 33.3 Å². The minimum atomic E-state index is -0.225. The average molecular weight is 473 g/mol. The topological polar surface area (TPSA) is 97.5 Å². The van der Waals surface area contributed by atoms with Crippen LogP contribution in [-0.2, 0) is 19.0 Å². The molecule has 3 aromatic rings. The predicted molar refractivity (Wildman–Crippen MR) is 135 cm³/mol. The summed E-state index contributed by atoms with van der Waals surface area (Å²) in [6, 6.07) is 18.4. The Kier molecular flexibility index (Phi) is 8.57. The molecular weight excluding hydrogens is 444 g/mol. The normalized spacial score (nSPS) is 12.9. The summed E-state index contributed by atoms with van der Waals surface area (Å²) in [7, 11) is 4.64. The summed E-state index contributed by atoms with van der Waals surface area (Å²) < 4.78 is 18.3. The van der Waals surface area contributed by atoms with Gasteiger partial charge in [0.15, 0.2) is 11.5 Å². The highest BCUT2D eigenvalue weighted by Gasteiger charge is 2.20. The van der Waals surface area contributed by atoms with Gasteiger partial charge in [-0.2, -0.15) is 0 Å². The van der Waals surface area contributed by atoms with E-state index in [1.807, 2.05) is 30.3 Å². The number of nitrogens with zero attached hydrogens (tertiary/aromatic N) is 2. The number of benzene rings is 2. The van der Waals surface area contributed by atoms with E-state index < -0.39 is 0 Å². The van der Waals surface area contributed by atoms with Crippen molar-refractivity contribution in [3.05, 3.63) is 95.8 Å². The van der Waals surface area contributed by atoms with Gasteiger partial charge in [0.2, 0.25) is 0 Å². The van der Waals surface area contributed by atoms with Gasteiger partial charge in [0.1, 0.15) is 5.76 Å². The van der Waals surface area contributed by atoms with E-state index in [0.717, 1.165) is 16.9 Å². The van der Waals surface area contributed by atoms with Crippen LogP contribution in [0, 0.1) is 11.8 Å². The zero-order valence-electron chi connectivity index (χ0n) is 19.9. The Morgan fingerprint density at radius 2 is 1.83 bits per heavy atom. The number of hydrogen-bond donors (Lipinski definition) is 2. The summed E-state index contributed by atoms with van der Waals surface area (Å²) in [5, 5.41) is 13.8. The van der Waals surface area contributed by atoms with Crippen molar-refractivity contribution in [1.82, 2.24) is 9.88 Å². The Bertz CT molecular complexity index is 1300. The van der Waals surface area contributed by atoms with Crippen LogP contribution in [0.25, 0.3) is 16.6 Å². The van der Waals surface area contributed by atoms with Crippen molar-refractivity contribution in [3.63, 3.8) is 0 Å². The number of carbonyl (C=O) groups excluding carboxylic acids is 1. The molecular formula is C27H28N4O4. The molecule has 8 heteroatoms. The molecule has 1 aliphatic carbocycles. The van der Waals surface area contributed by atoms with Gasteiger partial charge in [-0.25, -0.2) is 5.26 Å². The van der Waals surface area contributed by atoms with Crippen LogP contribution in [0.3, 0.4) is 0 Å². The van der Waals surface area contributed by atoms with E-state index in [-0.39, 0.29) is 12.6 Å². The number of carbonyl (C=O) groups is 1. The molecule has 0 aliphatic heterocycles. The molecule has 180 valence electrons. The highest BCUT2D eigenvalue weighted by Crippen LogP contribution is 2.26. The first-order valence-electron chi connectivity index (χ1n) is 10.9. The first-order chi connectivity index (χ1) is 17.1. The van der Waals surface area contributed by atoms with Crippen LogP contribution < -0.4 is 10.6 Å². The molecule has 0 bridgehead atoms. The lowest BCUT2D eigenvalue weighted by molar-refractivity contribution is -0.117. The number of rotatable bonds is 8. The predicted octanol–water partition coefficient (Wildman–Crippen LogP) is 4.62. The van der Waals surface area contributed by atoms with E-state index in [2.05, 4.69) is 52.2 Å². The molecule has 1 aliphatic rings. The van der Waals surface area contributed by atoms with Crippen LogP contribution >= 0.6 is 0 Å². The van der Waals surface area contributed by atoms with Crippen LogP contribution in [0.2, 0.25) is 0 Å². The lowest BCUT2D eigenvalue weighted by Crippen LogP contribution is -2.29. The second-order valence-corrected chi connectivity index (χ2v) is 7.39. The Morgan fingerprint density at radius 3 is 2.57 bits per heavy atom. The molecule has 2 N–H and O–H groups in total. The number of fused-ring (bicyclic) bond motifs is 1. The monoisotopic (exact) mass is 472 g/mol. The molecule has 0 saturated heterocycles. The van der Waals surface area contributed by atoms with Crippen LogP contribution in [-0.4, -0.2) is 38.5 Å². The van der Waals surface area contributed by atoms with Gasteiger partial charge < -0.3 is 29.4 Å². The van der Waals surface area contributed by atoms with E-state index >= 15 is 0 Å². The summed E-state index contributed by atoms with van der Waals surface area (Å²) in [5.74, 6) is 1.29. The molecule has 4 rings (SSSR count). The van der Waals surface area contributed by atoms with Crippen molar-refractivity contribution < 1.29 is 19.0 Å². The van der Waals surface area contributed by atoms with Crippen molar-refractivity contribution in [2.24, 2.45) is 0 Å². The Labute approximate surface area is 204 Å². The van der Waals surface area contributed by atoms with Crippen LogP contribution in [0.4, 0.5) is 5.69 Å². The number of ether oxygens (including phenoxy) is 3. The van der Waals surface area contributed by atoms with E-state index in [0.29, 0.717) is 29.3 Å². The zero-order valence-corrected chi connectivity index (χ0v) is 19.9. The second kappa shape index (κ2) is 12.0. The SMILES string of the molecule is C#N.COC1=CC(C(=O)NCNc2cccc(-n3ccc4ccccc43)c2)=CCC(OC)=C1OC. The fourth-order valence-electron chi connectivity index (χ4n) is 3.80. The number of anilines is 1. The quantitative estimate of drug-likeness (QED) is 0.464. The minimum Gasteiger partial charge on any atom is -0.497 e.